The highest BCUT2D eigenvalue weighted by molar-refractivity contribution is 5.95. The first-order valence-electron chi connectivity index (χ1n) is 9.23. The molecule has 0 fully saturated rings. The Labute approximate surface area is 176 Å². The van der Waals surface area contributed by atoms with Crippen molar-refractivity contribution >= 4 is 5.97 Å². The number of carboxylic acid groups (broad SMARTS) is 1. The number of aromatic carboxylic acids is 1. The van der Waals surface area contributed by atoms with Crippen LogP contribution in [-0.4, -0.2) is 22.7 Å². The van der Waals surface area contributed by atoms with Crippen molar-refractivity contribution in [2.24, 2.45) is 0 Å². The molecule has 0 radical (unpaired) electrons. The largest absolute Gasteiger partial charge is 0.492 e. The van der Waals surface area contributed by atoms with Crippen molar-refractivity contribution in [3.05, 3.63) is 82.5 Å². The molecule has 0 atom stereocenters. The summed E-state index contributed by atoms with van der Waals surface area (Å²) in [6.07, 6.45) is -4.03. The highest BCUT2D eigenvalue weighted by Gasteiger charge is 2.29. The summed E-state index contributed by atoms with van der Waals surface area (Å²) in [6, 6.07) is 14.5. The molecule has 3 aromatic rings. The zero-order valence-corrected chi connectivity index (χ0v) is 16.4. The second kappa shape index (κ2) is 8.88. The van der Waals surface area contributed by atoms with Crippen LogP contribution in [0.5, 0.6) is 5.75 Å². The monoisotopic (exact) mass is 426 g/mol. The van der Waals surface area contributed by atoms with Gasteiger partial charge in [0.15, 0.2) is 0 Å². The topological polar surface area (TPSA) is 83.2 Å². The first kappa shape index (κ1) is 21.8. The van der Waals surface area contributed by atoms with Gasteiger partial charge in [-0.15, -0.1) is 0 Å². The van der Waals surface area contributed by atoms with Crippen molar-refractivity contribution in [1.29, 1.82) is 5.26 Å². The number of aryl methyl sites for hydroxylation is 1. The van der Waals surface area contributed by atoms with Crippen LogP contribution in [0.15, 0.2) is 54.6 Å². The number of carbonyl (C=O) groups is 1. The lowest BCUT2D eigenvalue weighted by molar-refractivity contribution is -0.137. The maximum Gasteiger partial charge on any atom is 0.416 e. The smallest absolute Gasteiger partial charge is 0.416 e. The van der Waals surface area contributed by atoms with Gasteiger partial charge in [-0.3, -0.25) is 4.98 Å². The van der Waals surface area contributed by atoms with Crippen LogP contribution >= 0.6 is 0 Å². The number of hydrogen-bond acceptors (Lipinski definition) is 4. The van der Waals surface area contributed by atoms with E-state index < -0.39 is 17.7 Å². The Bertz CT molecular complexity index is 1150. The predicted octanol–water partition coefficient (Wildman–Crippen LogP) is 5.27. The third-order valence-corrected chi connectivity index (χ3v) is 4.57. The van der Waals surface area contributed by atoms with Crippen molar-refractivity contribution in [1.82, 2.24) is 4.98 Å². The molecule has 1 N–H and O–H groups in total. The number of nitriles is 1. The van der Waals surface area contributed by atoms with Crippen molar-refractivity contribution in [2.45, 2.75) is 19.5 Å². The predicted molar refractivity (Wildman–Crippen MR) is 107 cm³/mol. The summed E-state index contributed by atoms with van der Waals surface area (Å²) in [5, 5.41) is 18.9. The van der Waals surface area contributed by atoms with Crippen LogP contribution < -0.4 is 4.74 Å². The van der Waals surface area contributed by atoms with E-state index in [4.69, 9.17) is 4.74 Å². The standard InChI is InChI=1S/C23H17F3N2O3/c1-14-2-8-19(22(29)30)21(28-14)16-5-9-20(17(12-16)13-27)31-11-10-15-3-6-18(7-4-15)23(24,25)26/h2-9,12H,10-11H2,1H3,(H,29,30). The van der Waals surface area contributed by atoms with Gasteiger partial charge in [0.2, 0.25) is 0 Å². The molecule has 0 aliphatic heterocycles. The first-order valence-corrected chi connectivity index (χ1v) is 9.23. The Hall–Kier alpha value is -3.86. The number of benzene rings is 2. The molecule has 1 heterocycles. The fourth-order valence-corrected chi connectivity index (χ4v) is 2.98. The van der Waals surface area contributed by atoms with E-state index >= 15 is 0 Å². The van der Waals surface area contributed by atoms with Gasteiger partial charge in [0.05, 0.1) is 29.0 Å². The molecule has 0 spiro atoms. The molecule has 158 valence electrons. The van der Waals surface area contributed by atoms with Gasteiger partial charge in [-0.05, 0) is 55.0 Å². The lowest BCUT2D eigenvalue weighted by Crippen LogP contribution is -2.06. The number of hydrogen-bond donors (Lipinski definition) is 1. The average molecular weight is 426 g/mol. The van der Waals surface area contributed by atoms with E-state index in [1.807, 2.05) is 6.07 Å². The number of aromatic nitrogens is 1. The van der Waals surface area contributed by atoms with Crippen LogP contribution in [0.2, 0.25) is 0 Å². The Morgan fingerprint density at radius 1 is 1.13 bits per heavy atom. The second-order valence-corrected chi connectivity index (χ2v) is 6.77. The number of alkyl halides is 3. The summed E-state index contributed by atoms with van der Waals surface area (Å²) >= 11 is 0. The van der Waals surface area contributed by atoms with E-state index in [2.05, 4.69) is 4.98 Å². The normalized spacial score (nSPS) is 11.1. The molecule has 2 aromatic carbocycles. The lowest BCUT2D eigenvalue weighted by Gasteiger charge is -2.11. The molecular formula is C23H17F3N2O3. The molecule has 0 unspecified atom stereocenters. The fraction of sp³-hybridized carbons (Fsp3) is 0.174. The van der Waals surface area contributed by atoms with Gasteiger partial charge in [0.25, 0.3) is 0 Å². The van der Waals surface area contributed by atoms with Crippen LogP contribution in [0, 0.1) is 18.3 Å². The third-order valence-electron chi connectivity index (χ3n) is 4.57. The van der Waals surface area contributed by atoms with E-state index in [1.165, 1.54) is 24.3 Å². The Morgan fingerprint density at radius 3 is 2.45 bits per heavy atom. The van der Waals surface area contributed by atoms with E-state index in [-0.39, 0.29) is 23.4 Å². The molecule has 3 rings (SSSR count). The van der Waals surface area contributed by atoms with Gasteiger partial charge in [0, 0.05) is 17.7 Å². The Balaban J connectivity index is 1.75. The minimum absolute atomic E-state index is 0.0189. The number of ether oxygens (including phenoxy) is 1. The van der Waals surface area contributed by atoms with Gasteiger partial charge in [-0.1, -0.05) is 12.1 Å². The molecule has 31 heavy (non-hydrogen) atoms. The van der Waals surface area contributed by atoms with Gasteiger partial charge in [-0.2, -0.15) is 18.4 Å². The van der Waals surface area contributed by atoms with E-state index in [0.29, 0.717) is 29.0 Å². The third kappa shape index (κ3) is 5.20. The van der Waals surface area contributed by atoms with Gasteiger partial charge in [-0.25, -0.2) is 4.79 Å². The highest BCUT2D eigenvalue weighted by Crippen LogP contribution is 2.30. The lowest BCUT2D eigenvalue weighted by atomic mass is 10.0. The number of nitrogens with zero attached hydrogens (tertiary/aromatic N) is 2. The number of rotatable bonds is 6. The van der Waals surface area contributed by atoms with Crippen LogP contribution in [0.3, 0.4) is 0 Å². The summed E-state index contributed by atoms with van der Waals surface area (Å²) in [5.41, 5.74) is 1.52. The summed E-state index contributed by atoms with van der Waals surface area (Å²) < 4.78 is 43.5. The number of carboxylic acids is 1. The number of halogens is 3. The SMILES string of the molecule is Cc1ccc(C(=O)O)c(-c2ccc(OCCc3ccc(C(F)(F)F)cc3)c(C#N)c2)n1. The fourth-order valence-electron chi connectivity index (χ4n) is 2.98. The highest BCUT2D eigenvalue weighted by atomic mass is 19.4. The molecule has 0 aliphatic carbocycles. The second-order valence-electron chi connectivity index (χ2n) is 6.77. The molecule has 0 bridgehead atoms. The van der Waals surface area contributed by atoms with Crippen molar-refractivity contribution in [2.75, 3.05) is 6.61 Å². The molecule has 0 aliphatic rings. The molecule has 1 aromatic heterocycles. The average Bonchev–Trinajstić information content (AvgIpc) is 2.73. The van der Waals surface area contributed by atoms with Crippen LogP contribution in [0.1, 0.15) is 32.7 Å². The molecule has 5 nitrogen and oxygen atoms in total. The van der Waals surface area contributed by atoms with Gasteiger partial charge in [0.1, 0.15) is 11.8 Å². The van der Waals surface area contributed by atoms with Gasteiger partial charge >= 0.3 is 12.1 Å². The molecule has 0 saturated carbocycles. The maximum atomic E-state index is 12.6. The van der Waals surface area contributed by atoms with Crippen molar-refractivity contribution in [3.8, 4) is 23.1 Å². The minimum atomic E-state index is -4.38. The maximum absolute atomic E-state index is 12.6. The first-order chi connectivity index (χ1) is 14.7. The quantitative estimate of drug-likeness (QED) is 0.581. The molecule has 0 saturated heterocycles. The Kier molecular flexibility index (Phi) is 6.25. The summed E-state index contributed by atoms with van der Waals surface area (Å²) in [7, 11) is 0. The zero-order valence-electron chi connectivity index (χ0n) is 16.4. The molecule has 0 amide bonds. The van der Waals surface area contributed by atoms with E-state index in [1.54, 1.807) is 25.1 Å². The zero-order chi connectivity index (χ0) is 22.6. The van der Waals surface area contributed by atoms with E-state index in [9.17, 15) is 28.3 Å². The van der Waals surface area contributed by atoms with Crippen LogP contribution in [-0.2, 0) is 12.6 Å². The summed E-state index contributed by atoms with van der Waals surface area (Å²) in [4.78, 5) is 15.8. The van der Waals surface area contributed by atoms with Crippen molar-refractivity contribution in [3.63, 3.8) is 0 Å². The summed E-state index contributed by atoms with van der Waals surface area (Å²) in [6.45, 7) is 1.89. The summed E-state index contributed by atoms with van der Waals surface area (Å²) in [5.74, 6) is -0.833. The number of pyridine rings is 1. The van der Waals surface area contributed by atoms with Crippen LogP contribution in [0.4, 0.5) is 13.2 Å². The minimum Gasteiger partial charge on any atom is -0.492 e. The van der Waals surface area contributed by atoms with Gasteiger partial charge < -0.3 is 9.84 Å². The molecular weight excluding hydrogens is 409 g/mol. The van der Waals surface area contributed by atoms with E-state index in [0.717, 1.165) is 12.1 Å². The Morgan fingerprint density at radius 2 is 1.84 bits per heavy atom. The van der Waals surface area contributed by atoms with Crippen molar-refractivity contribution < 1.29 is 27.8 Å². The van der Waals surface area contributed by atoms with Crippen LogP contribution in [0.25, 0.3) is 11.3 Å². The molecule has 8 heteroatoms.